The Labute approximate surface area is 79.3 Å². The summed E-state index contributed by atoms with van der Waals surface area (Å²) in [5, 5.41) is 5.98. The molecule has 0 aromatic carbocycles. The van der Waals surface area contributed by atoms with Gasteiger partial charge < -0.3 is 10.6 Å². The van der Waals surface area contributed by atoms with E-state index in [1.807, 2.05) is 6.92 Å². The average molecular weight is 180 g/mol. The summed E-state index contributed by atoms with van der Waals surface area (Å²) in [6, 6.07) is -0.158. The highest BCUT2D eigenvalue weighted by molar-refractivity contribution is 5.79. The zero-order valence-corrected chi connectivity index (χ0v) is 7.97. The molecule has 13 heavy (non-hydrogen) atoms. The SMILES string of the molecule is C#CC(C)NC(=O)[C@H]1CCCNC1. The summed E-state index contributed by atoms with van der Waals surface area (Å²) in [6.07, 6.45) is 7.21. The summed E-state index contributed by atoms with van der Waals surface area (Å²) >= 11 is 0. The second-order valence-electron chi connectivity index (χ2n) is 3.44. The lowest BCUT2D eigenvalue weighted by molar-refractivity contribution is -0.125. The molecule has 1 rings (SSSR count). The highest BCUT2D eigenvalue weighted by atomic mass is 16.1. The van der Waals surface area contributed by atoms with Crippen LogP contribution in [0.25, 0.3) is 0 Å². The number of carbonyl (C=O) groups is 1. The number of carbonyl (C=O) groups excluding carboxylic acids is 1. The Morgan fingerprint density at radius 1 is 1.77 bits per heavy atom. The van der Waals surface area contributed by atoms with Crippen LogP contribution in [0.4, 0.5) is 0 Å². The number of rotatable bonds is 2. The van der Waals surface area contributed by atoms with Gasteiger partial charge in [-0.25, -0.2) is 0 Å². The van der Waals surface area contributed by atoms with Crippen LogP contribution < -0.4 is 10.6 Å². The van der Waals surface area contributed by atoms with Gasteiger partial charge in [-0.05, 0) is 26.3 Å². The molecular formula is C10H16N2O. The molecule has 3 nitrogen and oxygen atoms in total. The number of nitrogens with one attached hydrogen (secondary N) is 2. The summed E-state index contributed by atoms with van der Waals surface area (Å²) in [5.41, 5.74) is 0. The molecule has 1 aliphatic rings. The first kappa shape index (κ1) is 10.1. The quantitative estimate of drug-likeness (QED) is 0.593. The maximum absolute atomic E-state index is 11.5. The van der Waals surface area contributed by atoms with Crippen molar-refractivity contribution >= 4 is 5.91 Å². The molecule has 2 atom stereocenters. The molecule has 1 aliphatic heterocycles. The van der Waals surface area contributed by atoms with E-state index in [1.54, 1.807) is 0 Å². The summed E-state index contributed by atoms with van der Waals surface area (Å²) in [4.78, 5) is 11.5. The molecule has 0 aliphatic carbocycles. The van der Waals surface area contributed by atoms with Gasteiger partial charge >= 0.3 is 0 Å². The number of amides is 1. The van der Waals surface area contributed by atoms with Crippen LogP contribution in [0.15, 0.2) is 0 Å². The predicted octanol–water partition coefficient (Wildman–Crippen LogP) is 0.124. The van der Waals surface area contributed by atoms with Crippen molar-refractivity contribution in [2.75, 3.05) is 13.1 Å². The van der Waals surface area contributed by atoms with Crippen molar-refractivity contribution in [1.82, 2.24) is 10.6 Å². The molecule has 0 bridgehead atoms. The van der Waals surface area contributed by atoms with Crippen molar-refractivity contribution in [3.05, 3.63) is 0 Å². The topological polar surface area (TPSA) is 41.1 Å². The van der Waals surface area contributed by atoms with Gasteiger partial charge in [-0.15, -0.1) is 6.42 Å². The number of piperidine rings is 1. The van der Waals surface area contributed by atoms with Gasteiger partial charge in [-0.2, -0.15) is 0 Å². The molecule has 1 saturated heterocycles. The maximum Gasteiger partial charge on any atom is 0.225 e. The molecular weight excluding hydrogens is 164 g/mol. The summed E-state index contributed by atoms with van der Waals surface area (Å²) in [5.74, 6) is 2.67. The number of hydrogen-bond acceptors (Lipinski definition) is 2. The summed E-state index contributed by atoms with van der Waals surface area (Å²) in [7, 11) is 0. The van der Waals surface area contributed by atoms with Crippen molar-refractivity contribution in [2.24, 2.45) is 5.92 Å². The molecule has 2 N–H and O–H groups in total. The Morgan fingerprint density at radius 2 is 2.54 bits per heavy atom. The minimum Gasteiger partial charge on any atom is -0.342 e. The van der Waals surface area contributed by atoms with E-state index < -0.39 is 0 Å². The molecule has 0 radical (unpaired) electrons. The zero-order chi connectivity index (χ0) is 9.68. The third-order valence-corrected chi connectivity index (χ3v) is 2.28. The van der Waals surface area contributed by atoms with E-state index >= 15 is 0 Å². The van der Waals surface area contributed by atoms with Gasteiger partial charge in [0.2, 0.25) is 5.91 Å². The monoisotopic (exact) mass is 180 g/mol. The minimum atomic E-state index is -0.158. The first-order valence-corrected chi connectivity index (χ1v) is 4.71. The third-order valence-electron chi connectivity index (χ3n) is 2.28. The van der Waals surface area contributed by atoms with Crippen molar-refractivity contribution in [3.8, 4) is 12.3 Å². The molecule has 0 aromatic rings. The van der Waals surface area contributed by atoms with E-state index in [2.05, 4.69) is 16.6 Å². The van der Waals surface area contributed by atoms with Crippen molar-refractivity contribution in [1.29, 1.82) is 0 Å². The van der Waals surface area contributed by atoms with Crippen LogP contribution in [0.3, 0.4) is 0 Å². The van der Waals surface area contributed by atoms with Gasteiger partial charge in [0.15, 0.2) is 0 Å². The average Bonchev–Trinajstić information content (AvgIpc) is 2.19. The second kappa shape index (κ2) is 4.88. The lowest BCUT2D eigenvalue weighted by Gasteiger charge is -2.22. The number of terminal acetylenes is 1. The summed E-state index contributed by atoms with van der Waals surface area (Å²) < 4.78 is 0. The molecule has 0 aromatic heterocycles. The van der Waals surface area contributed by atoms with E-state index in [1.165, 1.54) is 0 Å². The van der Waals surface area contributed by atoms with Crippen molar-refractivity contribution in [3.63, 3.8) is 0 Å². The van der Waals surface area contributed by atoms with Gasteiger partial charge in [0.1, 0.15) is 0 Å². The smallest absolute Gasteiger partial charge is 0.225 e. The van der Waals surface area contributed by atoms with Gasteiger partial charge in [0.25, 0.3) is 0 Å². The van der Waals surface area contributed by atoms with E-state index in [-0.39, 0.29) is 17.9 Å². The van der Waals surface area contributed by atoms with E-state index in [4.69, 9.17) is 6.42 Å². The molecule has 1 unspecified atom stereocenters. The Hall–Kier alpha value is -1.01. The number of hydrogen-bond donors (Lipinski definition) is 2. The van der Waals surface area contributed by atoms with E-state index in [0.29, 0.717) is 0 Å². The van der Waals surface area contributed by atoms with Gasteiger partial charge in [0.05, 0.1) is 12.0 Å². The lowest BCUT2D eigenvalue weighted by Crippen LogP contribution is -2.43. The standard InChI is InChI=1S/C10H16N2O/c1-3-8(2)12-10(13)9-5-4-6-11-7-9/h1,8-9,11H,4-7H2,2H3,(H,12,13)/t8?,9-/m0/s1. The fourth-order valence-electron chi connectivity index (χ4n) is 1.45. The fourth-order valence-corrected chi connectivity index (χ4v) is 1.45. The molecule has 0 spiro atoms. The Morgan fingerprint density at radius 3 is 3.08 bits per heavy atom. The van der Waals surface area contributed by atoms with Crippen LogP contribution in [0.1, 0.15) is 19.8 Å². The molecule has 1 heterocycles. The highest BCUT2D eigenvalue weighted by Gasteiger charge is 2.21. The van der Waals surface area contributed by atoms with Gasteiger partial charge in [0, 0.05) is 6.54 Å². The molecule has 1 fully saturated rings. The first-order valence-electron chi connectivity index (χ1n) is 4.71. The minimum absolute atomic E-state index is 0.0812. The molecule has 1 amide bonds. The largest absolute Gasteiger partial charge is 0.342 e. The van der Waals surface area contributed by atoms with Gasteiger partial charge in [-0.3, -0.25) is 4.79 Å². The van der Waals surface area contributed by atoms with Crippen LogP contribution >= 0.6 is 0 Å². The Kier molecular flexibility index (Phi) is 3.78. The molecule has 3 heteroatoms. The lowest BCUT2D eigenvalue weighted by atomic mass is 9.98. The Bertz CT molecular complexity index is 213. The van der Waals surface area contributed by atoms with Crippen molar-refractivity contribution in [2.45, 2.75) is 25.8 Å². The molecule has 0 saturated carbocycles. The van der Waals surface area contributed by atoms with E-state index in [0.717, 1.165) is 25.9 Å². The maximum atomic E-state index is 11.5. The highest BCUT2D eigenvalue weighted by Crippen LogP contribution is 2.09. The first-order chi connectivity index (χ1) is 6.24. The van der Waals surface area contributed by atoms with Crippen LogP contribution in [-0.4, -0.2) is 25.0 Å². The second-order valence-corrected chi connectivity index (χ2v) is 3.44. The van der Waals surface area contributed by atoms with Gasteiger partial charge in [-0.1, -0.05) is 5.92 Å². The summed E-state index contributed by atoms with van der Waals surface area (Å²) in [6.45, 7) is 3.62. The fraction of sp³-hybridized carbons (Fsp3) is 0.700. The Balaban J connectivity index is 2.34. The van der Waals surface area contributed by atoms with Crippen LogP contribution in [0.2, 0.25) is 0 Å². The van der Waals surface area contributed by atoms with Crippen LogP contribution in [0.5, 0.6) is 0 Å². The normalized spacial score (nSPS) is 24.5. The van der Waals surface area contributed by atoms with Crippen LogP contribution in [0, 0.1) is 18.3 Å². The molecule has 72 valence electrons. The van der Waals surface area contributed by atoms with Crippen molar-refractivity contribution < 1.29 is 4.79 Å². The predicted molar refractivity (Wildman–Crippen MR) is 52.0 cm³/mol. The van der Waals surface area contributed by atoms with Crippen LogP contribution in [-0.2, 0) is 4.79 Å². The third kappa shape index (κ3) is 3.08. The zero-order valence-electron chi connectivity index (χ0n) is 7.97. The van der Waals surface area contributed by atoms with E-state index in [9.17, 15) is 4.79 Å².